The van der Waals surface area contributed by atoms with Crippen LogP contribution in [0.4, 0.5) is 0 Å². The molecule has 4 nitrogen and oxygen atoms in total. The number of likely N-dealkylation sites (N-methyl/N-ethyl adjacent to an activating group) is 1. The van der Waals surface area contributed by atoms with E-state index < -0.39 is 0 Å². The average Bonchev–Trinajstić information content (AvgIpc) is 3.15. The third-order valence-corrected chi connectivity index (χ3v) is 4.73. The second kappa shape index (κ2) is 7.69. The molecule has 1 N–H and O–H groups in total. The molecular weight excluding hydrogens is 324 g/mol. The highest BCUT2D eigenvalue weighted by Crippen LogP contribution is 2.24. The van der Waals surface area contributed by atoms with Crippen LogP contribution in [0.25, 0.3) is 0 Å². The van der Waals surface area contributed by atoms with Gasteiger partial charge in [0.25, 0.3) is 5.91 Å². The smallest absolute Gasteiger partial charge is 0.257 e. The van der Waals surface area contributed by atoms with E-state index in [2.05, 4.69) is 5.32 Å². The van der Waals surface area contributed by atoms with Crippen LogP contribution in [0, 0.1) is 0 Å². The highest BCUT2D eigenvalue weighted by atomic mass is 35.5. The number of hydrogen-bond acceptors (Lipinski definition) is 3. The number of benzene rings is 2. The first-order valence-corrected chi connectivity index (χ1v) is 8.47. The summed E-state index contributed by atoms with van der Waals surface area (Å²) in [6.45, 7) is 2.12. The molecule has 0 aliphatic carbocycles. The fraction of sp³-hybridized carbons (Fsp3) is 0.316. The summed E-state index contributed by atoms with van der Waals surface area (Å²) in [6, 6.07) is 15.1. The van der Waals surface area contributed by atoms with Gasteiger partial charge in [-0.05, 0) is 31.2 Å². The van der Waals surface area contributed by atoms with Gasteiger partial charge in [-0.15, -0.1) is 0 Å². The Hall–Kier alpha value is -2.04. The van der Waals surface area contributed by atoms with Crippen LogP contribution in [0.15, 0.2) is 48.5 Å². The molecule has 0 bridgehead atoms. The van der Waals surface area contributed by atoms with Gasteiger partial charge in [-0.3, -0.25) is 4.79 Å². The molecule has 1 aliphatic rings. The van der Waals surface area contributed by atoms with Gasteiger partial charge >= 0.3 is 0 Å². The first-order valence-electron chi connectivity index (χ1n) is 8.10. The number of amides is 1. The monoisotopic (exact) mass is 344 g/mol. The van der Waals surface area contributed by atoms with E-state index in [0.717, 1.165) is 25.1 Å². The zero-order chi connectivity index (χ0) is 16.9. The van der Waals surface area contributed by atoms with E-state index >= 15 is 0 Å². The topological polar surface area (TPSA) is 41.6 Å². The molecule has 1 heterocycles. The van der Waals surface area contributed by atoms with E-state index in [1.54, 1.807) is 4.90 Å². The van der Waals surface area contributed by atoms with E-state index in [1.165, 1.54) is 0 Å². The molecule has 1 aliphatic heterocycles. The van der Waals surface area contributed by atoms with Gasteiger partial charge in [-0.2, -0.15) is 0 Å². The van der Waals surface area contributed by atoms with Crippen LogP contribution >= 0.6 is 11.6 Å². The lowest BCUT2D eigenvalue weighted by Gasteiger charge is -2.24. The maximum Gasteiger partial charge on any atom is 0.257 e. The minimum absolute atomic E-state index is 0.0153. The minimum Gasteiger partial charge on any atom is -0.488 e. The van der Waals surface area contributed by atoms with Crippen molar-refractivity contribution in [3.05, 3.63) is 64.7 Å². The van der Waals surface area contributed by atoms with Crippen LogP contribution in [-0.4, -0.2) is 37.0 Å². The summed E-state index contributed by atoms with van der Waals surface area (Å²) in [4.78, 5) is 14.6. The zero-order valence-electron chi connectivity index (χ0n) is 13.7. The summed E-state index contributed by atoms with van der Waals surface area (Å²) in [5.41, 5.74) is 1.48. The Kier molecular flexibility index (Phi) is 5.38. The lowest BCUT2D eigenvalue weighted by molar-refractivity contribution is 0.0739. The summed E-state index contributed by atoms with van der Waals surface area (Å²) in [5.74, 6) is 0.568. The Morgan fingerprint density at radius 2 is 2.00 bits per heavy atom. The van der Waals surface area contributed by atoms with Crippen molar-refractivity contribution in [3.63, 3.8) is 0 Å². The van der Waals surface area contributed by atoms with Crippen LogP contribution in [0.3, 0.4) is 0 Å². The fourth-order valence-electron chi connectivity index (χ4n) is 2.87. The molecule has 1 fully saturated rings. The molecular formula is C19H21ClN2O2. The summed E-state index contributed by atoms with van der Waals surface area (Å²) in [6.07, 6.45) is 0.977. The number of nitrogens with one attached hydrogen (secondary N) is 1. The van der Waals surface area contributed by atoms with Crippen molar-refractivity contribution in [2.75, 3.05) is 20.1 Å². The van der Waals surface area contributed by atoms with Gasteiger partial charge in [0.1, 0.15) is 12.4 Å². The molecule has 0 saturated carbocycles. The van der Waals surface area contributed by atoms with E-state index in [4.69, 9.17) is 16.3 Å². The predicted molar refractivity (Wildman–Crippen MR) is 95.6 cm³/mol. The molecule has 2 aromatic rings. The summed E-state index contributed by atoms with van der Waals surface area (Å²) in [7, 11) is 1.85. The number of rotatable bonds is 5. The Labute approximate surface area is 147 Å². The van der Waals surface area contributed by atoms with Crippen molar-refractivity contribution in [1.29, 1.82) is 0 Å². The van der Waals surface area contributed by atoms with Gasteiger partial charge < -0.3 is 15.0 Å². The van der Waals surface area contributed by atoms with Crippen LogP contribution in [-0.2, 0) is 6.61 Å². The van der Waals surface area contributed by atoms with Crippen molar-refractivity contribution >= 4 is 17.5 Å². The lowest BCUT2D eigenvalue weighted by atomic mass is 10.1. The second-order valence-corrected chi connectivity index (χ2v) is 6.35. The Balaban J connectivity index is 1.75. The SMILES string of the molecule is CN(C(=O)c1ccccc1OCc1ccccc1Cl)C1CCNC1. The number of para-hydroxylation sites is 1. The largest absolute Gasteiger partial charge is 0.488 e. The molecule has 0 spiro atoms. The molecule has 1 amide bonds. The molecule has 24 heavy (non-hydrogen) atoms. The predicted octanol–water partition coefficient (Wildman–Crippen LogP) is 3.35. The molecule has 1 unspecified atom stereocenters. The maximum absolute atomic E-state index is 12.8. The van der Waals surface area contributed by atoms with Crippen molar-refractivity contribution in [3.8, 4) is 5.75 Å². The summed E-state index contributed by atoms with van der Waals surface area (Å²) in [5, 5.41) is 3.95. The van der Waals surface area contributed by atoms with E-state index in [1.807, 2.05) is 55.6 Å². The summed E-state index contributed by atoms with van der Waals surface area (Å²) < 4.78 is 5.89. The van der Waals surface area contributed by atoms with E-state index in [-0.39, 0.29) is 11.9 Å². The first kappa shape index (κ1) is 16.8. The molecule has 0 aromatic heterocycles. The van der Waals surface area contributed by atoms with E-state index in [0.29, 0.717) is 22.9 Å². The Morgan fingerprint density at radius 3 is 2.75 bits per heavy atom. The molecule has 3 rings (SSSR count). The van der Waals surface area contributed by atoms with Crippen molar-refractivity contribution < 1.29 is 9.53 Å². The van der Waals surface area contributed by atoms with Crippen LogP contribution in [0.2, 0.25) is 5.02 Å². The standard InChI is InChI=1S/C19H21ClN2O2/c1-22(15-10-11-21-12-15)19(23)16-7-3-5-9-18(16)24-13-14-6-2-4-8-17(14)20/h2-9,15,21H,10-13H2,1H3. The van der Waals surface area contributed by atoms with Crippen molar-refractivity contribution in [2.45, 2.75) is 19.1 Å². The van der Waals surface area contributed by atoms with Crippen LogP contribution in [0.1, 0.15) is 22.3 Å². The number of hydrogen-bond donors (Lipinski definition) is 1. The van der Waals surface area contributed by atoms with Crippen molar-refractivity contribution in [2.24, 2.45) is 0 Å². The van der Waals surface area contributed by atoms with Gasteiger partial charge in [0.15, 0.2) is 0 Å². The highest BCUT2D eigenvalue weighted by molar-refractivity contribution is 6.31. The maximum atomic E-state index is 12.8. The zero-order valence-corrected chi connectivity index (χ0v) is 14.4. The van der Waals surface area contributed by atoms with Crippen LogP contribution in [0.5, 0.6) is 5.75 Å². The van der Waals surface area contributed by atoms with Gasteiger partial charge in [0, 0.05) is 30.2 Å². The third kappa shape index (κ3) is 3.71. The second-order valence-electron chi connectivity index (χ2n) is 5.94. The van der Waals surface area contributed by atoms with Gasteiger partial charge in [-0.25, -0.2) is 0 Å². The number of carbonyl (C=O) groups is 1. The van der Waals surface area contributed by atoms with Crippen LogP contribution < -0.4 is 10.1 Å². The summed E-state index contributed by atoms with van der Waals surface area (Å²) >= 11 is 6.17. The molecule has 1 atom stereocenters. The van der Waals surface area contributed by atoms with Gasteiger partial charge in [-0.1, -0.05) is 41.9 Å². The molecule has 2 aromatic carbocycles. The van der Waals surface area contributed by atoms with E-state index in [9.17, 15) is 4.79 Å². The first-order chi connectivity index (χ1) is 11.7. The normalized spacial score (nSPS) is 16.8. The molecule has 126 valence electrons. The third-order valence-electron chi connectivity index (χ3n) is 4.36. The number of carbonyl (C=O) groups excluding carboxylic acids is 1. The van der Waals surface area contributed by atoms with Gasteiger partial charge in [0.05, 0.1) is 5.56 Å². The molecule has 0 radical (unpaired) electrons. The highest BCUT2D eigenvalue weighted by Gasteiger charge is 2.25. The molecule has 5 heteroatoms. The Morgan fingerprint density at radius 1 is 1.25 bits per heavy atom. The molecule has 1 saturated heterocycles. The number of ether oxygens (including phenoxy) is 1. The minimum atomic E-state index is -0.0153. The number of halogens is 1. The average molecular weight is 345 g/mol. The fourth-order valence-corrected chi connectivity index (χ4v) is 3.06. The Bertz CT molecular complexity index is 714. The van der Waals surface area contributed by atoms with Crippen molar-refractivity contribution in [1.82, 2.24) is 10.2 Å². The quantitative estimate of drug-likeness (QED) is 0.904. The number of nitrogens with zero attached hydrogens (tertiary/aromatic N) is 1. The lowest BCUT2D eigenvalue weighted by Crippen LogP contribution is -2.38. The van der Waals surface area contributed by atoms with Gasteiger partial charge in [0.2, 0.25) is 0 Å².